The zero-order valence-corrected chi connectivity index (χ0v) is 11.5. The van der Waals surface area contributed by atoms with Crippen LogP contribution < -0.4 is 4.18 Å². The van der Waals surface area contributed by atoms with Gasteiger partial charge in [-0.1, -0.05) is 18.2 Å². The van der Waals surface area contributed by atoms with Crippen LogP contribution in [0.2, 0.25) is 0 Å². The maximum absolute atomic E-state index is 12.9. The normalized spacial score (nSPS) is 11.5. The van der Waals surface area contributed by atoms with E-state index in [9.17, 15) is 12.8 Å². The van der Waals surface area contributed by atoms with E-state index >= 15 is 0 Å². The molecule has 4 nitrogen and oxygen atoms in total. The number of pyridine rings is 1. The third-order valence-corrected chi connectivity index (χ3v) is 4.15. The molecule has 0 amide bonds. The van der Waals surface area contributed by atoms with Crippen molar-refractivity contribution in [2.24, 2.45) is 0 Å². The molecule has 0 saturated heterocycles. The summed E-state index contributed by atoms with van der Waals surface area (Å²) in [4.78, 5) is 4.01. The van der Waals surface area contributed by atoms with Gasteiger partial charge >= 0.3 is 10.1 Å². The van der Waals surface area contributed by atoms with Crippen LogP contribution in [0.3, 0.4) is 0 Å². The van der Waals surface area contributed by atoms with Crippen LogP contribution in [0.5, 0.6) is 5.75 Å². The van der Waals surface area contributed by atoms with Crippen molar-refractivity contribution in [2.45, 2.75) is 4.90 Å². The van der Waals surface area contributed by atoms with Crippen molar-refractivity contribution < 1.29 is 17.0 Å². The highest BCUT2D eigenvalue weighted by Gasteiger charge is 2.18. The van der Waals surface area contributed by atoms with Gasteiger partial charge in [0.2, 0.25) is 0 Å². The average Bonchev–Trinajstić information content (AvgIpc) is 2.48. The summed E-state index contributed by atoms with van der Waals surface area (Å²) in [7, 11) is -4.03. The van der Waals surface area contributed by atoms with Crippen LogP contribution in [0, 0.1) is 5.82 Å². The lowest BCUT2D eigenvalue weighted by Crippen LogP contribution is -2.10. The standard InChI is InChI=1S/C15H10FNO3S/c16-12-6-8-13(9-7-12)21(18,19)20-14-5-1-3-11-4-2-10-17-15(11)14/h1-10H. The lowest BCUT2D eigenvalue weighted by molar-refractivity contribution is 0.488. The SMILES string of the molecule is O=S(=O)(Oc1cccc2cccnc12)c1ccc(F)cc1. The van der Waals surface area contributed by atoms with Crippen LogP contribution in [-0.4, -0.2) is 13.4 Å². The summed E-state index contributed by atoms with van der Waals surface area (Å²) in [6.07, 6.45) is 1.56. The second kappa shape index (κ2) is 5.14. The zero-order chi connectivity index (χ0) is 14.9. The molecule has 0 radical (unpaired) electrons. The number of nitrogens with zero attached hydrogens (tertiary/aromatic N) is 1. The summed E-state index contributed by atoms with van der Waals surface area (Å²) in [5, 5.41) is 0.768. The first-order chi connectivity index (χ1) is 10.1. The minimum Gasteiger partial charge on any atom is -0.377 e. The summed E-state index contributed by atoms with van der Waals surface area (Å²) in [6.45, 7) is 0. The van der Waals surface area contributed by atoms with Gasteiger partial charge in [-0.3, -0.25) is 4.98 Å². The van der Waals surface area contributed by atoms with Crippen molar-refractivity contribution in [1.82, 2.24) is 4.98 Å². The Labute approximate surface area is 121 Å². The Hall–Kier alpha value is -2.47. The molecule has 3 rings (SSSR count). The van der Waals surface area contributed by atoms with E-state index in [1.807, 2.05) is 0 Å². The van der Waals surface area contributed by atoms with E-state index in [2.05, 4.69) is 4.98 Å². The largest absolute Gasteiger partial charge is 0.377 e. The van der Waals surface area contributed by atoms with Gasteiger partial charge in [-0.15, -0.1) is 0 Å². The van der Waals surface area contributed by atoms with Gasteiger partial charge in [0.15, 0.2) is 5.75 Å². The molecule has 6 heteroatoms. The van der Waals surface area contributed by atoms with Gasteiger partial charge < -0.3 is 4.18 Å². The predicted molar refractivity (Wildman–Crippen MR) is 76.0 cm³/mol. The highest BCUT2D eigenvalue weighted by molar-refractivity contribution is 7.87. The first-order valence-electron chi connectivity index (χ1n) is 6.10. The van der Waals surface area contributed by atoms with Crippen molar-refractivity contribution in [3.8, 4) is 5.75 Å². The zero-order valence-electron chi connectivity index (χ0n) is 10.7. The third kappa shape index (κ3) is 2.71. The fourth-order valence-electron chi connectivity index (χ4n) is 1.91. The molecule has 0 bridgehead atoms. The predicted octanol–water partition coefficient (Wildman–Crippen LogP) is 3.14. The van der Waals surface area contributed by atoms with Crippen LogP contribution >= 0.6 is 0 Å². The molecule has 0 aliphatic rings. The molecule has 0 aliphatic carbocycles. The summed E-state index contributed by atoms with van der Waals surface area (Å²) in [5.74, 6) is -0.377. The molecule has 0 N–H and O–H groups in total. The van der Waals surface area contributed by atoms with Crippen molar-refractivity contribution >= 4 is 21.0 Å². The minimum atomic E-state index is -4.03. The van der Waals surface area contributed by atoms with Gasteiger partial charge in [0.1, 0.15) is 16.2 Å². The number of fused-ring (bicyclic) bond motifs is 1. The molecule has 0 fully saturated rings. The number of hydrogen-bond acceptors (Lipinski definition) is 4. The van der Waals surface area contributed by atoms with Gasteiger partial charge in [0, 0.05) is 11.6 Å². The molecule has 0 saturated carbocycles. The van der Waals surface area contributed by atoms with E-state index in [0.717, 1.165) is 29.7 Å². The van der Waals surface area contributed by atoms with E-state index in [1.165, 1.54) is 6.07 Å². The Morgan fingerprint density at radius 2 is 1.67 bits per heavy atom. The maximum Gasteiger partial charge on any atom is 0.339 e. The Balaban J connectivity index is 2.03. The minimum absolute atomic E-state index is 0.114. The molecule has 106 valence electrons. The first-order valence-corrected chi connectivity index (χ1v) is 7.51. The van der Waals surface area contributed by atoms with Crippen molar-refractivity contribution in [1.29, 1.82) is 0 Å². The van der Waals surface area contributed by atoms with Gasteiger partial charge in [0.25, 0.3) is 0 Å². The molecular weight excluding hydrogens is 293 g/mol. The maximum atomic E-state index is 12.9. The molecule has 0 atom stereocenters. The van der Waals surface area contributed by atoms with E-state index in [0.29, 0.717) is 5.52 Å². The first kappa shape index (κ1) is 13.5. The molecule has 0 unspecified atom stereocenters. The van der Waals surface area contributed by atoms with Crippen LogP contribution in [0.15, 0.2) is 65.7 Å². The summed E-state index contributed by atoms with van der Waals surface area (Å²) < 4.78 is 42.4. The van der Waals surface area contributed by atoms with E-state index in [4.69, 9.17) is 4.18 Å². The molecule has 1 aromatic heterocycles. The van der Waals surface area contributed by atoms with Crippen LogP contribution in [-0.2, 0) is 10.1 Å². The number of benzene rings is 2. The quantitative estimate of drug-likeness (QED) is 0.698. The van der Waals surface area contributed by atoms with Crippen molar-refractivity contribution in [3.63, 3.8) is 0 Å². The summed E-state index contributed by atoms with van der Waals surface area (Å²) >= 11 is 0. The van der Waals surface area contributed by atoms with E-state index < -0.39 is 15.9 Å². The Bertz CT molecular complexity index is 887. The van der Waals surface area contributed by atoms with Crippen LogP contribution in [0.25, 0.3) is 10.9 Å². The van der Waals surface area contributed by atoms with E-state index in [1.54, 1.807) is 30.5 Å². The molecule has 1 heterocycles. The Morgan fingerprint density at radius 1 is 0.952 bits per heavy atom. The second-order valence-corrected chi connectivity index (χ2v) is 5.87. The Morgan fingerprint density at radius 3 is 2.43 bits per heavy atom. The van der Waals surface area contributed by atoms with Crippen LogP contribution in [0.1, 0.15) is 0 Å². The highest BCUT2D eigenvalue weighted by Crippen LogP contribution is 2.26. The summed E-state index contributed by atoms with van der Waals surface area (Å²) in [5.41, 5.74) is 0.450. The van der Waals surface area contributed by atoms with Crippen molar-refractivity contribution in [3.05, 3.63) is 66.6 Å². The third-order valence-electron chi connectivity index (χ3n) is 2.90. The smallest absolute Gasteiger partial charge is 0.339 e. The molecule has 2 aromatic carbocycles. The van der Waals surface area contributed by atoms with Gasteiger partial charge in [-0.2, -0.15) is 8.42 Å². The topological polar surface area (TPSA) is 56.3 Å². The average molecular weight is 303 g/mol. The molecule has 3 aromatic rings. The number of para-hydroxylation sites is 1. The van der Waals surface area contributed by atoms with Gasteiger partial charge in [-0.05, 0) is 36.4 Å². The lowest BCUT2D eigenvalue weighted by atomic mass is 10.2. The lowest BCUT2D eigenvalue weighted by Gasteiger charge is -2.08. The van der Waals surface area contributed by atoms with E-state index in [-0.39, 0.29) is 10.6 Å². The second-order valence-electron chi connectivity index (χ2n) is 4.32. The molecule has 0 spiro atoms. The van der Waals surface area contributed by atoms with Gasteiger partial charge in [-0.25, -0.2) is 4.39 Å². The monoisotopic (exact) mass is 303 g/mol. The van der Waals surface area contributed by atoms with Gasteiger partial charge in [0.05, 0.1) is 0 Å². The molecular formula is C15H10FNO3S. The molecule has 0 aliphatic heterocycles. The highest BCUT2D eigenvalue weighted by atomic mass is 32.2. The van der Waals surface area contributed by atoms with Crippen LogP contribution in [0.4, 0.5) is 4.39 Å². The Kier molecular flexibility index (Phi) is 3.31. The fourth-order valence-corrected chi connectivity index (χ4v) is 2.85. The molecule has 21 heavy (non-hydrogen) atoms. The number of hydrogen-bond donors (Lipinski definition) is 0. The summed E-state index contributed by atoms with van der Waals surface area (Å²) in [6, 6.07) is 13.0. The fraction of sp³-hybridized carbons (Fsp3) is 0. The number of halogens is 1. The number of aromatic nitrogens is 1. The number of rotatable bonds is 3. The van der Waals surface area contributed by atoms with Crippen molar-refractivity contribution in [2.75, 3.05) is 0 Å².